The molecule has 0 spiro atoms. The molecule has 1 aromatic carbocycles. The van der Waals surface area contributed by atoms with Crippen molar-refractivity contribution in [2.75, 3.05) is 0 Å². The lowest BCUT2D eigenvalue weighted by Gasteiger charge is -2.11. The minimum absolute atomic E-state index is 0.0337. The first-order valence-corrected chi connectivity index (χ1v) is 6.73. The zero-order valence-corrected chi connectivity index (χ0v) is 11.7. The van der Waals surface area contributed by atoms with Crippen molar-refractivity contribution in [1.82, 2.24) is 9.88 Å². The molecule has 0 aliphatic heterocycles. The molecule has 0 aliphatic rings. The Morgan fingerprint density at radius 3 is 2.60 bits per heavy atom. The first kappa shape index (κ1) is 14.9. The Hall–Kier alpha value is -1.49. The summed E-state index contributed by atoms with van der Waals surface area (Å²) in [4.78, 5) is 0. The highest BCUT2D eigenvalue weighted by Gasteiger charge is 2.26. The molecule has 2 nitrogen and oxygen atoms in total. The summed E-state index contributed by atoms with van der Waals surface area (Å²) in [6.07, 6.45) is -3.20. The van der Waals surface area contributed by atoms with Gasteiger partial charge in [0.2, 0.25) is 0 Å². The first-order valence-electron chi connectivity index (χ1n) is 6.73. The van der Waals surface area contributed by atoms with E-state index in [1.807, 2.05) is 24.3 Å². The summed E-state index contributed by atoms with van der Waals surface area (Å²) < 4.78 is 38.6. The maximum absolute atomic E-state index is 12.3. The van der Waals surface area contributed by atoms with E-state index in [9.17, 15) is 13.2 Å². The lowest BCUT2D eigenvalue weighted by Crippen LogP contribution is -2.21. The average molecular weight is 284 g/mol. The summed E-state index contributed by atoms with van der Waals surface area (Å²) in [7, 11) is 0. The van der Waals surface area contributed by atoms with Crippen LogP contribution in [-0.2, 0) is 13.1 Å². The molecule has 0 bridgehead atoms. The van der Waals surface area contributed by atoms with E-state index >= 15 is 0 Å². The molecular formula is C15H19F3N2. The zero-order valence-electron chi connectivity index (χ0n) is 11.7. The van der Waals surface area contributed by atoms with Gasteiger partial charge in [0, 0.05) is 30.8 Å². The van der Waals surface area contributed by atoms with Crippen LogP contribution < -0.4 is 5.32 Å². The number of nitrogens with zero attached hydrogens (tertiary/aromatic N) is 1. The molecule has 0 atom stereocenters. The van der Waals surface area contributed by atoms with E-state index in [0.717, 1.165) is 23.0 Å². The van der Waals surface area contributed by atoms with Crippen molar-refractivity contribution in [3.63, 3.8) is 0 Å². The number of aromatic nitrogens is 1. The molecular weight excluding hydrogens is 265 g/mol. The molecule has 2 aromatic rings. The minimum Gasteiger partial charge on any atom is -0.347 e. The van der Waals surface area contributed by atoms with Gasteiger partial charge in [-0.15, -0.1) is 0 Å². The van der Waals surface area contributed by atoms with Gasteiger partial charge in [-0.25, -0.2) is 0 Å². The van der Waals surface area contributed by atoms with Crippen LogP contribution in [0.3, 0.4) is 0 Å². The van der Waals surface area contributed by atoms with Crippen LogP contribution in [0, 0.1) is 0 Å². The first-order chi connectivity index (χ1) is 9.35. The van der Waals surface area contributed by atoms with E-state index in [-0.39, 0.29) is 6.54 Å². The highest BCUT2D eigenvalue weighted by Crippen LogP contribution is 2.23. The van der Waals surface area contributed by atoms with Crippen molar-refractivity contribution >= 4 is 10.9 Å². The van der Waals surface area contributed by atoms with Gasteiger partial charge < -0.3 is 9.88 Å². The normalized spacial score (nSPS) is 12.5. The summed E-state index contributed by atoms with van der Waals surface area (Å²) in [5, 5.41) is 4.28. The minimum atomic E-state index is -4.12. The van der Waals surface area contributed by atoms with Crippen molar-refractivity contribution in [3.05, 3.63) is 36.0 Å². The highest BCUT2D eigenvalue weighted by atomic mass is 19.4. The fourth-order valence-electron chi connectivity index (χ4n) is 2.10. The standard InChI is InChI=1S/C15H19F3N2/c1-11(2)19-10-12-3-4-13-5-7-20(14(13)9-12)8-6-15(16,17)18/h3-5,7,9,11,19H,6,8,10H2,1-2H3. The highest BCUT2D eigenvalue weighted by molar-refractivity contribution is 5.80. The predicted octanol–water partition coefficient (Wildman–Crippen LogP) is 4.09. The lowest BCUT2D eigenvalue weighted by molar-refractivity contribution is -0.136. The predicted molar refractivity (Wildman–Crippen MR) is 74.6 cm³/mol. The Kier molecular flexibility index (Phi) is 4.38. The third kappa shape index (κ3) is 4.00. The van der Waals surface area contributed by atoms with Crippen molar-refractivity contribution in [2.24, 2.45) is 0 Å². The molecule has 5 heteroatoms. The van der Waals surface area contributed by atoms with Gasteiger partial charge in [0.15, 0.2) is 0 Å². The van der Waals surface area contributed by atoms with E-state index < -0.39 is 12.6 Å². The van der Waals surface area contributed by atoms with E-state index in [1.54, 1.807) is 10.8 Å². The van der Waals surface area contributed by atoms with Crippen LogP contribution in [0.5, 0.6) is 0 Å². The van der Waals surface area contributed by atoms with Crippen molar-refractivity contribution in [1.29, 1.82) is 0 Å². The maximum atomic E-state index is 12.3. The van der Waals surface area contributed by atoms with Crippen LogP contribution in [0.25, 0.3) is 10.9 Å². The van der Waals surface area contributed by atoms with Gasteiger partial charge in [-0.05, 0) is 23.1 Å². The lowest BCUT2D eigenvalue weighted by atomic mass is 10.1. The number of alkyl halides is 3. The van der Waals surface area contributed by atoms with Crippen LogP contribution >= 0.6 is 0 Å². The Morgan fingerprint density at radius 2 is 1.95 bits per heavy atom. The number of halogens is 3. The smallest absolute Gasteiger partial charge is 0.347 e. The van der Waals surface area contributed by atoms with Crippen LogP contribution in [0.15, 0.2) is 30.5 Å². The van der Waals surface area contributed by atoms with Gasteiger partial charge in [0.05, 0.1) is 6.42 Å². The Bertz CT molecular complexity index is 570. The van der Waals surface area contributed by atoms with Crippen molar-refractivity contribution < 1.29 is 13.2 Å². The summed E-state index contributed by atoms with van der Waals surface area (Å²) in [6, 6.07) is 8.15. The SMILES string of the molecule is CC(C)NCc1ccc2ccn(CCC(F)(F)F)c2c1. The molecule has 0 amide bonds. The van der Waals surface area contributed by atoms with E-state index in [2.05, 4.69) is 19.2 Å². The van der Waals surface area contributed by atoms with E-state index in [1.165, 1.54) is 0 Å². The number of fused-ring (bicyclic) bond motifs is 1. The summed E-state index contributed by atoms with van der Waals surface area (Å²) >= 11 is 0. The molecule has 20 heavy (non-hydrogen) atoms. The molecule has 2 rings (SSSR count). The second-order valence-electron chi connectivity index (χ2n) is 5.30. The van der Waals surface area contributed by atoms with Gasteiger partial charge in [-0.1, -0.05) is 26.0 Å². The zero-order chi connectivity index (χ0) is 14.8. The Balaban J connectivity index is 2.17. The van der Waals surface area contributed by atoms with Crippen LogP contribution in [0.2, 0.25) is 0 Å². The van der Waals surface area contributed by atoms with Gasteiger partial charge in [0.1, 0.15) is 0 Å². The van der Waals surface area contributed by atoms with Crippen LogP contribution in [0.4, 0.5) is 13.2 Å². The Morgan fingerprint density at radius 1 is 1.20 bits per heavy atom. The quantitative estimate of drug-likeness (QED) is 0.875. The third-order valence-electron chi connectivity index (χ3n) is 3.19. The molecule has 0 fully saturated rings. The molecule has 0 saturated carbocycles. The third-order valence-corrected chi connectivity index (χ3v) is 3.19. The molecule has 1 heterocycles. The molecule has 0 unspecified atom stereocenters. The van der Waals surface area contributed by atoms with Gasteiger partial charge in [-0.3, -0.25) is 0 Å². The van der Waals surface area contributed by atoms with Gasteiger partial charge in [0.25, 0.3) is 0 Å². The fourth-order valence-corrected chi connectivity index (χ4v) is 2.10. The van der Waals surface area contributed by atoms with Crippen LogP contribution in [0.1, 0.15) is 25.8 Å². The monoisotopic (exact) mass is 284 g/mol. The molecule has 1 aromatic heterocycles. The second kappa shape index (κ2) is 5.87. The number of hydrogen-bond acceptors (Lipinski definition) is 1. The number of hydrogen-bond donors (Lipinski definition) is 1. The molecule has 0 aliphatic carbocycles. The average Bonchev–Trinajstić information content (AvgIpc) is 2.75. The molecule has 0 saturated heterocycles. The summed E-state index contributed by atoms with van der Waals surface area (Å²) in [5.41, 5.74) is 1.94. The van der Waals surface area contributed by atoms with Crippen molar-refractivity contribution in [3.8, 4) is 0 Å². The second-order valence-corrected chi connectivity index (χ2v) is 5.30. The Labute approximate surface area is 116 Å². The number of aryl methyl sites for hydroxylation is 1. The maximum Gasteiger partial charge on any atom is 0.390 e. The van der Waals surface area contributed by atoms with Gasteiger partial charge >= 0.3 is 6.18 Å². The van der Waals surface area contributed by atoms with Gasteiger partial charge in [-0.2, -0.15) is 13.2 Å². The van der Waals surface area contributed by atoms with Crippen LogP contribution in [-0.4, -0.2) is 16.8 Å². The fraction of sp³-hybridized carbons (Fsp3) is 0.467. The summed E-state index contributed by atoms with van der Waals surface area (Å²) in [5.74, 6) is 0. The number of nitrogens with one attached hydrogen (secondary N) is 1. The van der Waals surface area contributed by atoms with E-state index in [4.69, 9.17) is 0 Å². The number of benzene rings is 1. The largest absolute Gasteiger partial charge is 0.390 e. The molecule has 110 valence electrons. The molecule has 1 N–H and O–H groups in total. The topological polar surface area (TPSA) is 17.0 Å². The number of rotatable bonds is 5. The van der Waals surface area contributed by atoms with E-state index in [0.29, 0.717) is 6.04 Å². The summed E-state index contributed by atoms with van der Waals surface area (Å²) in [6.45, 7) is 4.81. The molecule has 0 radical (unpaired) electrons. The van der Waals surface area contributed by atoms with Crippen molar-refractivity contribution in [2.45, 2.75) is 45.6 Å².